The molecule has 2 aliphatic rings. The third-order valence-electron chi connectivity index (χ3n) is 7.56. The summed E-state index contributed by atoms with van der Waals surface area (Å²) in [6.07, 6.45) is -6.54. The van der Waals surface area contributed by atoms with Crippen molar-refractivity contribution in [2.24, 2.45) is 0 Å². The molecule has 0 radical (unpaired) electrons. The minimum Gasteiger partial charge on any atom is -0.371 e. The van der Waals surface area contributed by atoms with E-state index in [4.69, 9.17) is 0 Å². The summed E-state index contributed by atoms with van der Waals surface area (Å²) in [4.78, 5) is 23.4. The summed E-state index contributed by atoms with van der Waals surface area (Å²) >= 11 is 0. The Morgan fingerprint density at radius 3 is 2.05 bits per heavy atom. The molecule has 0 bridgehead atoms. The van der Waals surface area contributed by atoms with Crippen molar-refractivity contribution in [3.63, 3.8) is 0 Å². The van der Waals surface area contributed by atoms with Crippen LogP contribution in [0.25, 0.3) is 0 Å². The lowest BCUT2D eigenvalue weighted by molar-refractivity contribution is -0.138. The molecule has 2 heterocycles. The van der Waals surface area contributed by atoms with E-state index in [9.17, 15) is 31.1 Å². The normalized spacial score (nSPS) is 17.5. The van der Waals surface area contributed by atoms with Gasteiger partial charge in [-0.1, -0.05) is 0 Å². The molecule has 0 saturated carbocycles. The van der Waals surface area contributed by atoms with Crippen LogP contribution in [0.4, 0.5) is 43.4 Å². The van der Waals surface area contributed by atoms with Gasteiger partial charge in [-0.3, -0.25) is 20.0 Å². The van der Waals surface area contributed by atoms with Crippen LogP contribution in [0.15, 0.2) is 42.5 Å². The first-order chi connectivity index (χ1) is 19.4. The van der Waals surface area contributed by atoms with Crippen molar-refractivity contribution in [2.75, 3.05) is 68.2 Å². The van der Waals surface area contributed by atoms with Crippen LogP contribution in [-0.2, 0) is 22.0 Å². The topological polar surface area (TPSA) is 60.1 Å². The number of piperidine rings is 1. The second kappa shape index (κ2) is 13.2. The van der Waals surface area contributed by atoms with Crippen molar-refractivity contribution < 1.29 is 36.0 Å². The maximum atomic E-state index is 13.5. The van der Waals surface area contributed by atoms with E-state index < -0.39 is 23.5 Å². The van der Waals surface area contributed by atoms with Crippen LogP contribution < -0.4 is 20.6 Å². The second-order valence-electron chi connectivity index (χ2n) is 10.3. The van der Waals surface area contributed by atoms with Crippen LogP contribution in [0.2, 0.25) is 0 Å². The van der Waals surface area contributed by atoms with Gasteiger partial charge in [-0.2, -0.15) is 26.3 Å². The quantitative estimate of drug-likeness (QED) is 0.304. The molecule has 4 rings (SSSR count). The summed E-state index contributed by atoms with van der Waals surface area (Å²) in [5.41, 5.74) is 1.91. The van der Waals surface area contributed by atoms with E-state index in [1.54, 1.807) is 6.07 Å². The van der Waals surface area contributed by atoms with E-state index in [1.165, 1.54) is 25.3 Å². The van der Waals surface area contributed by atoms with Gasteiger partial charge in [0.05, 0.1) is 23.9 Å². The molecule has 0 aliphatic carbocycles. The number of anilines is 3. The molecule has 41 heavy (non-hydrogen) atoms. The molecule has 226 valence electrons. The predicted molar refractivity (Wildman–Crippen MR) is 145 cm³/mol. The summed E-state index contributed by atoms with van der Waals surface area (Å²) in [6, 6.07) is 9.28. The van der Waals surface area contributed by atoms with E-state index in [2.05, 4.69) is 25.4 Å². The van der Waals surface area contributed by atoms with Gasteiger partial charge < -0.3 is 15.1 Å². The molecule has 1 amide bonds. The monoisotopic (exact) mass is 587 g/mol. The van der Waals surface area contributed by atoms with Crippen LogP contribution in [0.5, 0.6) is 0 Å². The van der Waals surface area contributed by atoms with Crippen LogP contribution in [0.3, 0.4) is 0 Å². The van der Waals surface area contributed by atoms with E-state index in [1.807, 2.05) is 4.90 Å². The summed E-state index contributed by atoms with van der Waals surface area (Å²) in [5, 5.41) is 3.05. The van der Waals surface area contributed by atoms with Crippen molar-refractivity contribution in [1.29, 1.82) is 0 Å². The van der Waals surface area contributed by atoms with Gasteiger partial charge in [-0.15, -0.1) is 0 Å². The Labute approximate surface area is 235 Å². The lowest BCUT2D eigenvalue weighted by atomic mass is 10.0. The fraction of sp³-hybridized carbons (Fsp3) is 0.536. The van der Waals surface area contributed by atoms with Gasteiger partial charge in [0.2, 0.25) is 5.91 Å². The predicted octanol–water partition coefficient (Wildman–Crippen LogP) is 5.38. The summed E-state index contributed by atoms with van der Waals surface area (Å²) in [6.45, 7) is 4.74. The Morgan fingerprint density at radius 2 is 1.46 bits per heavy atom. The number of benzene rings is 2. The molecule has 2 aromatic carbocycles. The van der Waals surface area contributed by atoms with Gasteiger partial charge in [0.1, 0.15) is 0 Å². The summed E-state index contributed by atoms with van der Waals surface area (Å²) < 4.78 is 78.8. The maximum Gasteiger partial charge on any atom is 0.418 e. The number of amides is 1. The highest BCUT2D eigenvalue weighted by Crippen LogP contribution is 2.38. The van der Waals surface area contributed by atoms with Crippen LogP contribution in [-0.4, -0.2) is 69.8 Å². The Hall–Kier alpha value is -3.19. The molecular formula is C28H35F6N5O2. The smallest absolute Gasteiger partial charge is 0.371 e. The van der Waals surface area contributed by atoms with Crippen LogP contribution in [0.1, 0.15) is 36.8 Å². The van der Waals surface area contributed by atoms with Crippen molar-refractivity contribution >= 4 is 23.0 Å². The number of carbonyl (C=O) groups is 1. The number of nitrogens with one attached hydrogen (secondary N) is 2. The molecule has 13 heteroatoms. The SMILES string of the molecule is CONc1ccc(N2CCC(NC(=O)CCCN3CCN(c4ccc(C(F)(F)F)cc4)CC3)CC2)cc1C(F)(F)F. The number of nitrogens with zero attached hydrogens (tertiary/aromatic N) is 3. The minimum atomic E-state index is -4.52. The third kappa shape index (κ3) is 8.41. The molecular weight excluding hydrogens is 552 g/mol. The molecule has 7 nitrogen and oxygen atoms in total. The first-order valence-corrected chi connectivity index (χ1v) is 13.6. The van der Waals surface area contributed by atoms with Gasteiger partial charge in [-0.05, 0) is 68.3 Å². The lowest BCUT2D eigenvalue weighted by Crippen LogP contribution is -2.47. The van der Waals surface area contributed by atoms with Gasteiger partial charge in [-0.25, -0.2) is 0 Å². The van der Waals surface area contributed by atoms with Gasteiger partial charge >= 0.3 is 12.4 Å². The third-order valence-corrected chi connectivity index (χ3v) is 7.56. The fourth-order valence-electron chi connectivity index (χ4n) is 5.30. The Balaban J connectivity index is 1.15. The highest BCUT2D eigenvalue weighted by Gasteiger charge is 2.35. The zero-order valence-electron chi connectivity index (χ0n) is 22.8. The van der Waals surface area contributed by atoms with E-state index in [0.29, 0.717) is 57.5 Å². The molecule has 2 saturated heterocycles. The molecule has 0 atom stereocenters. The van der Waals surface area contributed by atoms with Crippen LogP contribution >= 0.6 is 0 Å². The van der Waals surface area contributed by atoms with Crippen molar-refractivity contribution in [3.05, 3.63) is 53.6 Å². The summed E-state index contributed by atoms with van der Waals surface area (Å²) in [5.74, 6) is -0.0406. The standard InChI is InChI=1S/C28H35F6N5O2/c1-41-36-25-9-8-23(19-24(25)28(32,33)34)38-13-10-21(11-14-38)35-26(40)3-2-12-37-15-17-39(18-16-37)22-6-4-20(5-7-22)27(29,30)31/h4-9,19,21,36H,2-3,10-18H2,1H3,(H,35,40). The highest BCUT2D eigenvalue weighted by molar-refractivity contribution is 5.76. The molecule has 0 aromatic heterocycles. The molecule has 0 unspecified atom stereocenters. The van der Waals surface area contributed by atoms with Crippen molar-refractivity contribution in [2.45, 2.75) is 44.1 Å². The maximum absolute atomic E-state index is 13.5. The molecule has 0 spiro atoms. The Bertz CT molecular complexity index is 1140. The van der Waals surface area contributed by atoms with Gasteiger partial charge in [0.15, 0.2) is 0 Å². The lowest BCUT2D eigenvalue weighted by Gasteiger charge is -2.36. The first-order valence-electron chi connectivity index (χ1n) is 13.6. The largest absolute Gasteiger partial charge is 0.418 e. The number of alkyl halides is 6. The number of rotatable bonds is 9. The number of hydrogen-bond donors (Lipinski definition) is 2. The fourth-order valence-corrected chi connectivity index (χ4v) is 5.30. The first kappa shape index (κ1) is 30.8. The molecule has 2 aliphatic heterocycles. The highest BCUT2D eigenvalue weighted by atomic mass is 19.4. The van der Waals surface area contributed by atoms with E-state index >= 15 is 0 Å². The number of halogens is 6. The minimum absolute atomic E-state index is 0.0254. The van der Waals surface area contributed by atoms with Gasteiger partial charge in [0, 0.05) is 63.1 Å². The second-order valence-corrected chi connectivity index (χ2v) is 10.3. The molecule has 2 N–H and O–H groups in total. The summed E-state index contributed by atoms with van der Waals surface area (Å²) in [7, 11) is 1.25. The van der Waals surface area contributed by atoms with Crippen LogP contribution in [0, 0.1) is 0 Å². The Morgan fingerprint density at radius 1 is 0.854 bits per heavy atom. The van der Waals surface area contributed by atoms with Crippen molar-refractivity contribution in [3.8, 4) is 0 Å². The zero-order chi connectivity index (χ0) is 29.6. The number of carbonyl (C=O) groups excluding carboxylic acids is 1. The number of piperazine rings is 1. The zero-order valence-corrected chi connectivity index (χ0v) is 22.8. The van der Waals surface area contributed by atoms with E-state index in [-0.39, 0.29) is 17.6 Å². The van der Waals surface area contributed by atoms with Crippen molar-refractivity contribution in [1.82, 2.24) is 10.2 Å². The van der Waals surface area contributed by atoms with Gasteiger partial charge in [0.25, 0.3) is 0 Å². The molecule has 2 fully saturated rings. The average molecular weight is 588 g/mol. The molecule has 2 aromatic rings. The number of hydrogen-bond acceptors (Lipinski definition) is 6. The Kier molecular flexibility index (Phi) is 9.90. The van der Waals surface area contributed by atoms with E-state index in [0.717, 1.165) is 43.5 Å². The average Bonchev–Trinajstić information content (AvgIpc) is 2.93.